The highest BCUT2D eigenvalue weighted by molar-refractivity contribution is 7.89. The van der Waals surface area contributed by atoms with Crippen molar-refractivity contribution in [2.75, 3.05) is 7.05 Å². The molecule has 1 fully saturated rings. The molecule has 0 aromatic carbocycles. The first kappa shape index (κ1) is 16.5. The number of aryl methyl sites for hydroxylation is 2. The molecule has 2 rings (SSSR count). The van der Waals surface area contributed by atoms with Crippen molar-refractivity contribution in [2.24, 2.45) is 5.92 Å². The molecule has 21 heavy (non-hydrogen) atoms. The molecule has 1 aliphatic carbocycles. The SMILES string of the molecule is CCC(CC1CC1)NS(=O)(=O)c1c(C)oc(C)c1CNC. The van der Waals surface area contributed by atoms with E-state index >= 15 is 0 Å². The second kappa shape index (κ2) is 6.50. The lowest BCUT2D eigenvalue weighted by molar-refractivity contribution is 0.484. The van der Waals surface area contributed by atoms with Gasteiger partial charge in [0.05, 0.1) is 0 Å². The van der Waals surface area contributed by atoms with Crippen LogP contribution in [-0.4, -0.2) is 21.5 Å². The Bertz CT molecular complexity index is 588. The van der Waals surface area contributed by atoms with Gasteiger partial charge in [0, 0.05) is 18.2 Å². The summed E-state index contributed by atoms with van der Waals surface area (Å²) < 4.78 is 33.9. The van der Waals surface area contributed by atoms with Crippen LogP contribution in [0.5, 0.6) is 0 Å². The van der Waals surface area contributed by atoms with Crippen molar-refractivity contribution in [3.63, 3.8) is 0 Å². The molecular formula is C15H26N2O3S. The lowest BCUT2D eigenvalue weighted by Crippen LogP contribution is -2.35. The normalized spacial score (nSPS) is 17.1. The van der Waals surface area contributed by atoms with Crippen LogP contribution in [0.15, 0.2) is 9.31 Å². The van der Waals surface area contributed by atoms with Gasteiger partial charge in [0.2, 0.25) is 10.0 Å². The van der Waals surface area contributed by atoms with Crippen LogP contribution in [0.1, 0.15) is 49.7 Å². The molecule has 0 bridgehead atoms. The van der Waals surface area contributed by atoms with Crippen LogP contribution in [0.25, 0.3) is 0 Å². The third kappa shape index (κ3) is 3.87. The maximum absolute atomic E-state index is 12.7. The van der Waals surface area contributed by atoms with Gasteiger partial charge in [0.1, 0.15) is 16.4 Å². The molecule has 1 unspecified atom stereocenters. The number of hydrogen-bond donors (Lipinski definition) is 2. The summed E-state index contributed by atoms with van der Waals surface area (Å²) in [6, 6.07) is 0.0135. The van der Waals surface area contributed by atoms with Gasteiger partial charge < -0.3 is 9.73 Å². The van der Waals surface area contributed by atoms with Crippen LogP contribution < -0.4 is 10.0 Å². The van der Waals surface area contributed by atoms with Crippen molar-refractivity contribution in [1.29, 1.82) is 0 Å². The highest BCUT2D eigenvalue weighted by atomic mass is 32.2. The van der Waals surface area contributed by atoms with Crippen molar-refractivity contribution < 1.29 is 12.8 Å². The fraction of sp³-hybridized carbons (Fsp3) is 0.733. The Morgan fingerprint density at radius 2 is 1.95 bits per heavy atom. The van der Waals surface area contributed by atoms with Crippen molar-refractivity contribution in [1.82, 2.24) is 10.0 Å². The maximum atomic E-state index is 12.7. The molecule has 0 aliphatic heterocycles. The predicted octanol–water partition coefficient (Wildman–Crippen LogP) is 2.47. The summed E-state index contributed by atoms with van der Waals surface area (Å²) in [5.41, 5.74) is 0.726. The maximum Gasteiger partial charge on any atom is 0.244 e. The van der Waals surface area contributed by atoms with Crippen LogP contribution in [0.3, 0.4) is 0 Å². The Balaban J connectivity index is 2.25. The summed E-state index contributed by atoms with van der Waals surface area (Å²) in [7, 11) is -1.74. The molecule has 2 N–H and O–H groups in total. The second-order valence-corrected chi connectivity index (χ2v) is 7.61. The monoisotopic (exact) mass is 314 g/mol. The van der Waals surface area contributed by atoms with Crippen LogP contribution in [-0.2, 0) is 16.6 Å². The van der Waals surface area contributed by atoms with E-state index in [0.717, 1.165) is 18.4 Å². The van der Waals surface area contributed by atoms with Gasteiger partial charge in [-0.2, -0.15) is 0 Å². The number of rotatable bonds is 8. The van der Waals surface area contributed by atoms with E-state index in [-0.39, 0.29) is 6.04 Å². The summed E-state index contributed by atoms with van der Waals surface area (Å²) in [5.74, 6) is 1.82. The first-order valence-corrected chi connectivity index (χ1v) is 9.13. The lowest BCUT2D eigenvalue weighted by Gasteiger charge is -2.17. The largest absolute Gasteiger partial charge is 0.465 e. The van der Waals surface area contributed by atoms with Gasteiger partial charge in [-0.15, -0.1) is 0 Å². The summed E-state index contributed by atoms with van der Waals surface area (Å²) in [6.45, 7) is 6.03. The van der Waals surface area contributed by atoms with Gasteiger partial charge in [0.15, 0.2) is 0 Å². The minimum absolute atomic E-state index is 0.0135. The molecule has 1 aliphatic rings. The van der Waals surface area contributed by atoms with E-state index in [1.807, 2.05) is 6.92 Å². The topological polar surface area (TPSA) is 71.3 Å². The predicted molar refractivity (Wildman–Crippen MR) is 82.7 cm³/mol. The highest BCUT2D eigenvalue weighted by Gasteiger charge is 2.31. The fourth-order valence-electron chi connectivity index (χ4n) is 2.78. The molecule has 1 saturated carbocycles. The van der Waals surface area contributed by atoms with E-state index in [1.165, 1.54) is 12.8 Å². The van der Waals surface area contributed by atoms with Gasteiger partial charge >= 0.3 is 0 Å². The van der Waals surface area contributed by atoms with Crippen molar-refractivity contribution >= 4 is 10.0 Å². The van der Waals surface area contributed by atoms with Crippen molar-refractivity contribution in [3.8, 4) is 0 Å². The van der Waals surface area contributed by atoms with Crippen LogP contribution in [0, 0.1) is 19.8 Å². The molecule has 0 radical (unpaired) electrons. The Labute approximate surface area is 127 Å². The van der Waals surface area contributed by atoms with E-state index in [2.05, 4.69) is 10.0 Å². The smallest absolute Gasteiger partial charge is 0.244 e. The standard InChI is InChI=1S/C15H26N2O3S/c1-5-13(8-12-6-7-12)17-21(18,19)15-11(3)20-10(2)14(15)9-16-4/h12-13,16-17H,5-9H2,1-4H3. The van der Waals surface area contributed by atoms with Gasteiger partial charge in [0.25, 0.3) is 0 Å². The Hall–Kier alpha value is -0.850. The van der Waals surface area contributed by atoms with E-state index in [4.69, 9.17) is 4.42 Å². The van der Waals surface area contributed by atoms with E-state index < -0.39 is 10.0 Å². The van der Waals surface area contributed by atoms with Gasteiger partial charge in [-0.3, -0.25) is 0 Å². The zero-order chi connectivity index (χ0) is 15.6. The Morgan fingerprint density at radius 3 is 2.48 bits per heavy atom. The number of sulfonamides is 1. The summed E-state index contributed by atoms with van der Waals surface area (Å²) >= 11 is 0. The van der Waals surface area contributed by atoms with Gasteiger partial charge in [-0.1, -0.05) is 19.8 Å². The summed E-state index contributed by atoms with van der Waals surface area (Å²) in [4.78, 5) is 0.309. The number of furan rings is 1. The average Bonchev–Trinajstić information content (AvgIpc) is 3.15. The molecule has 120 valence electrons. The molecule has 5 nitrogen and oxygen atoms in total. The second-order valence-electron chi connectivity index (χ2n) is 5.96. The molecule has 0 spiro atoms. The summed E-state index contributed by atoms with van der Waals surface area (Å²) in [5, 5.41) is 3.01. The highest BCUT2D eigenvalue weighted by Crippen LogP contribution is 2.35. The first-order valence-electron chi connectivity index (χ1n) is 7.64. The Morgan fingerprint density at radius 1 is 1.29 bits per heavy atom. The molecule has 1 aromatic rings. The quantitative estimate of drug-likeness (QED) is 0.773. The van der Waals surface area contributed by atoms with Crippen LogP contribution >= 0.6 is 0 Å². The summed E-state index contributed by atoms with van der Waals surface area (Å²) in [6.07, 6.45) is 4.21. The van der Waals surface area contributed by atoms with E-state index in [0.29, 0.717) is 28.9 Å². The molecule has 6 heteroatoms. The van der Waals surface area contributed by atoms with E-state index in [9.17, 15) is 8.42 Å². The van der Waals surface area contributed by atoms with Crippen LogP contribution in [0.4, 0.5) is 0 Å². The third-order valence-electron chi connectivity index (χ3n) is 4.08. The molecule has 1 aromatic heterocycles. The fourth-order valence-corrected chi connectivity index (χ4v) is 4.56. The first-order chi connectivity index (χ1) is 9.89. The number of hydrogen-bond acceptors (Lipinski definition) is 4. The molecule has 1 heterocycles. The molecular weight excluding hydrogens is 288 g/mol. The van der Waals surface area contributed by atoms with Crippen LogP contribution in [0.2, 0.25) is 0 Å². The third-order valence-corrected chi connectivity index (χ3v) is 5.79. The lowest BCUT2D eigenvalue weighted by atomic mass is 10.1. The van der Waals surface area contributed by atoms with E-state index in [1.54, 1.807) is 20.9 Å². The molecule has 1 atom stereocenters. The Kier molecular flexibility index (Phi) is 5.11. The molecule has 0 amide bonds. The minimum Gasteiger partial charge on any atom is -0.465 e. The minimum atomic E-state index is -3.54. The average molecular weight is 314 g/mol. The molecule has 0 saturated heterocycles. The zero-order valence-corrected chi connectivity index (χ0v) is 14.1. The van der Waals surface area contributed by atoms with Crippen molar-refractivity contribution in [2.45, 2.75) is 63.9 Å². The van der Waals surface area contributed by atoms with Gasteiger partial charge in [-0.05, 0) is 39.7 Å². The number of nitrogens with one attached hydrogen (secondary N) is 2. The van der Waals surface area contributed by atoms with Crippen molar-refractivity contribution in [3.05, 3.63) is 17.1 Å². The van der Waals surface area contributed by atoms with Gasteiger partial charge in [-0.25, -0.2) is 13.1 Å². The zero-order valence-electron chi connectivity index (χ0n) is 13.3.